The number of hydrogen-bond donors (Lipinski definition) is 0. The van der Waals surface area contributed by atoms with Gasteiger partial charge in [0.2, 0.25) is 0 Å². The van der Waals surface area contributed by atoms with Crippen molar-refractivity contribution in [3.05, 3.63) is 97.6 Å². The van der Waals surface area contributed by atoms with Crippen LogP contribution in [0.5, 0.6) is 5.75 Å². The molecule has 0 saturated heterocycles. The van der Waals surface area contributed by atoms with Crippen LogP contribution >= 0.6 is 39.1 Å². The molecule has 5 nitrogen and oxygen atoms in total. The molecule has 33 heavy (non-hydrogen) atoms. The fourth-order valence-corrected chi connectivity index (χ4v) is 5.24. The number of halogens is 4. The molecule has 2 heterocycles. The second-order valence-electron chi connectivity index (χ2n) is 7.56. The Hall–Kier alpha value is -2.74. The molecule has 5 rings (SSSR count). The van der Waals surface area contributed by atoms with Crippen molar-refractivity contribution in [2.75, 3.05) is 7.11 Å². The van der Waals surface area contributed by atoms with E-state index in [4.69, 9.17) is 27.9 Å². The third kappa shape index (κ3) is 3.74. The van der Waals surface area contributed by atoms with Crippen LogP contribution in [0.15, 0.2) is 59.3 Å². The highest BCUT2D eigenvalue weighted by atomic mass is 79.9. The number of aromatic nitrogens is 2. The molecule has 1 unspecified atom stereocenters. The molecule has 0 spiro atoms. The lowest BCUT2D eigenvalue weighted by Gasteiger charge is -2.27. The van der Waals surface area contributed by atoms with E-state index in [1.54, 1.807) is 18.1 Å². The molecule has 1 aliphatic rings. The first kappa shape index (κ1) is 22.1. The van der Waals surface area contributed by atoms with Gasteiger partial charge in [-0.3, -0.25) is 4.79 Å². The molecule has 9 heteroatoms. The van der Waals surface area contributed by atoms with Gasteiger partial charge >= 0.3 is 0 Å². The summed E-state index contributed by atoms with van der Waals surface area (Å²) >= 11 is 16.4. The Morgan fingerprint density at radius 2 is 1.88 bits per heavy atom. The fourth-order valence-electron chi connectivity index (χ4n) is 4.19. The molecule has 0 bridgehead atoms. The van der Waals surface area contributed by atoms with Crippen molar-refractivity contribution in [1.82, 2.24) is 14.9 Å². The normalized spacial score (nSPS) is 15.2. The van der Waals surface area contributed by atoms with E-state index in [-0.39, 0.29) is 17.6 Å². The van der Waals surface area contributed by atoms with Crippen LogP contribution in [0.25, 0.3) is 10.9 Å². The van der Waals surface area contributed by atoms with Gasteiger partial charge in [-0.2, -0.15) is 0 Å². The summed E-state index contributed by atoms with van der Waals surface area (Å²) in [6.45, 7) is 0.266. The van der Waals surface area contributed by atoms with Crippen LogP contribution in [0, 0.1) is 5.82 Å². The van der Waals surface area contributed by atoms with Crippen molar-refractivity contribution in [3.63, 3.8) is 0 Å². The highest BCUT2D eigenvalue weighted by Gasteiger charge is 2.42. The van der Waals surface area contributed by atoms with Crippen molar-refractivity contribution in [2.24, 2.45) is 0 Å². The summed E-state index contributed by atoms with van der Waals surface area (Å²) in [5, 5.41) is 1.15. The number of rotatable bonds is 4. The van der Waals surface area contributed by atoms with Crippen LogP contribution < -0.4 is 4.74 Å². The van der Waals surface area contributed by atoms with Gasteiger partial charge in [0, 0.05) is 32.6 Å². The maximum atomic E-state index is 14.3. The molecular formula is C24H15BrCl2FN3O2. The molecule has 3 aromatic carbocycles. The Labute approximate surface area is 207 Å². The average molecular weight is 547 g/mol. The van der Waals surface area contributed by atoms with Gasteiger partial charge in [-0.05, 0) is 42.0 Å². The number of carbonyl (C=O) groups excluding carboxylic acids is 1. The van der Waals surface area contributed by atoms with Gasteiger partial charge in [-0.15, -0.1) is 0 Å². The van der Waals surface area contributed by atoms with Crippen molar-refractivity contribution >= 4 is 55.9 Å². The SMILES string of the molecule is COc1ccc(CN2C(=O)c3c(c(Br)cc4c(Cl)ncnc34)C2c2cc(F)ccc2Cl)cc1. The molecule has 1 aliphatic heterocycles. The highest BCUT2D eigenvalue weighted by Crippen LogP contribution is 2.48. The van der Waals surface area contributed by atoms with Crippen LogP contribution in [-0.4, -0.2) is 27.9 Å². The largest absolute Gasteiger partial charge is 0.497 e. The van der Waals surface area contributed by atoms with E-state index in [0.29, 0.717) is 42.8 Å². The minimum Gasteiger partial charge on any atom is -0.497 e. The lowest BCUT2D eigenvalue weighted by atomic mass is 9.96. The Morgan fingerprint density at radius 1 is 1.12 bits per heavy atom. The Kier molecular flexibility index (Phi) is 5.72. The molecule has 0 aliphatic carbocycles. The number of carbonyl (C=O) groups is 1. The first-order valence-electron chi connectivity index (χ1n) is 9.90. The molecule has 1 amide bonds. The smallest absolute Gasteiger partial charge is 0.257 e. The third-order valence-electron chi connectivity index (χ3n) is 5.69. The summed E-state index contributed by atoms with van der Waals surface area (Å²) in [6, 6.07) is 12.7. The average Bonchev–Trinajstić information content (AvgIpc) is 3.10. The zero-order valence-electron chi connectivity index (χ0n) is 17.2. The van der Waals surface area contributed by atoms with Gasteiger partial charge in [-0.1, -0.05) is 51.3 Å². The van der Waals surface area contributed by atoms with Gasteiger partial charge in [0.25, 0.3) is 5.91 Å². The number of nitrogens with zero attached hydrogens (tertiary/aromatic N) is 3. The number of amides is 1. The predicted octanol–water partition coefficient (Wildman–Crippen LogP) is 6.59. The lowest BCUT2D eigenvalue weighted by Crippen LogP contribution is -2.28. The molecule has 0 fully saturated rings. The van der Waals surface area contributed by atoms with E-state index in [9.17, 15) is 9.18 Å². The number of benzene rings is 3. The van der Waals surface area contributed by atoms with Crippen LogP contribution in [0.4, 0.5) is 4.39 Å². The van der Waals surface area contributed by atoms with Gasteiger partial charge < -0.3 is 9.64 Å². The Morgan fingerprint density at radius 3 is 2.61 bits per heavy atom. The van der Waals surface area contributed by atoms with E-state index >= 15 is 0 Å². The third-order valence-corrected chi connectivity index (χ3v) is 7.00. The molecule has 0 N–H and O–H groups in total. The van der Waals surface area contributed by atoms with Crippen LogP contribution in [0.3, 0.4) is 0 Å². The maximum Gasteiger partial charge on any atom is 0.257 e. The lowest BCUT2D eigenvalue weighted by molar-refractivity contribution is 0.0737. The molecular weight excluding hydrogens is 532 g/mol. The first-order valence-corrected chi connectivity index (χ1v) is 11.5. The van der Waals surface area contributed by atoms with Crippen molar-refractivity contribution in [3.8, 4) is 5.75 Å². The Balaban J connectivity index is 1.74. The van der Waals surface area contributed by atoms with E-state index < -0.39 is 11.9 Å². The zero-order valence-corrected chi connectivity index (χ0v) is 20.2. The number of methoxy groups -OCH3 is 1. The number of fused-ring (bicyclic) bond motifs is 3. The van der Waals surface area contributed by atoms with Crippen molar-refractivity contribution in [1.29, 1.82) is 0 Å². The highest BCUT2D eigenvalue weighted by molar-refractivity contribution is 9.10. The van der Waals surface area contributed by atoms with Crippen LogP contribution in [0.2, 0.25) is 10.2 Å². The summed E-state index contributed by atoms with van der Waals surface area (Å²) in [4.78, 5) is 23.9. The van der Waals surface area contributed by atoms with Gasteiger partial charge in [-0.25, -0.2) is 14.4 Å². The molecule has 0 saturated carbocycles. The van der Waals surface area contributed by atoms with E-state index in [1.165, 1.54) is 24.5 Å². The number of ether oxygens (including phenoxy) is 1. The number of hydrogen-bond acceptors (Lipinski definition) is 4. The summed E-state index contributed by atoms with van der Waals surface area (Å²) < 4.78 is 20.2. The fraction of sp³-hybridized carbons (Fsp3) is 0.125. The summed E-state index contributed by atoms with van der Waals surface area (Å²) in [7, 11) is 1.59. The summed E-state index contributed by atoms with van der Waals surface area (Å²) in [6.07, 6.45) is 1.32. The van der Waals surface area contributed by atoms with Crippen molar-refractivity contribution < 1.29 is 13.9 Å². The van der Waals surface area contributed by atoms with Gasteiger partial charge in [0.1, 0.15) is 23.0 Å². The zero-order chi connectivity index (χ0) is 23.3. The van der Waals surface area contributed by atoms with Crippen molar-refractivity contribution in [2.45, 2.75) is 12.6 Å². The minimum atomic E-state index is -0.634. The minimum absolute atomic E-state index is 0.241. The maximum absolute atomic E-state index is 14.3. The van der Waals surface area contributed by atoms with Gasteiger partial charge in [0.15, 0.2) is 0 Å². The molecule has 1 atom stereocenters. The molecule has 4 aromatic rings. The topological polar surface area (TPSA) is 55.3 Å². The van der Waals surface area contributed by atoms with E-state index in [0.717, 1.165) is 5.56 Å². The Bertz CT molecular complexity index is 1420. The van der Waals surface area contributed by atoms with Crippen LogP contribution in [0.1, 0.15) is 33.1 Å². The second kappa shape index (κ2) is 8.56. The summed E-state index contributed by atoms with van der Waals surface area (Å²) in [5.41, 5.74) is 2.85. The van der Waals surface area contributed by atoms with E-state index in [2.05, 4.69) is 25.9 Å². The molecule has 166 valence electrons. The molecule has 1 aromatic heterocycles. The second-order valence-corrected chi connectivity index (χ2v) is 9.18. The standard InChI is InChI=1S/C24H15BrCl2FN3O2/c1-33-14-5-2-12(3-6-14)10-31-22(15-8-13(28)4-7-18(15)26)19-17(25)9-16-21(20(19)24(31)32)29-11-30-23(16)27/h2-9,11,22H,10H2,1H3. The first-order chi connectivity index (χ1) is 15.9. The predicted molar refractivity (Wildman–Crippen MR) is 128 cm³/mol. The monoisotopic (exact) mass is 545 g/mol. The van der Waals surface area contributed by atoms with Crippen LogP contribution in [-0.2, 0) is 6.54 Å². The van der Waals surface area contributed by atoms with Gasteiger partial charge in [0.05, 0.1) is 24.2 Å². The quantitative estimate of drug-likeness (QED) is 0.271. The molecule has 0 radical (unpaired) electrons. The van der Waals surface area contributed by atoms with E-state index in [1.807, 2.05) is 24.3 Å². The summed E-state index contributed by atoms with van der Waals surface area (Å²) in [5.74, 6) is 0.00813.